The summed E-state index contributed by atoms with van der Waals surface area (Å²) in [5.74, 6) is 0. The first-order valence-corrected chi connectivity index (χ1v) is 7.65. The van der Waals surface area contributed by atoms with Gasteiger partial charge in [-0.15, -0.1) is 0 Å². The van der Waals surface area contributed by atoms with Gasteiger partial charge in [-0.1, -0.05) is 6.07 Å². The summed E-state index contributed by atoms with van der Waals surface area (Å²) in [6.45, 7) is 2.17. The minimum Gasteiger partial charge on any atom is -0.368 e. The molecule has 1 aliphatic heterocycles. The van der Waals surface area contributed by atoms with Gasteiger partial charge >= 0.3 is 0 Å². The van der Waals surface area contributed by atoms with Gasteiger partial charge in [0.2, 0.25) is 0 Å². The molecule has 0 amide bonds. The number of nitrogens with zero attached hydrogens (tertiary/aromatic N) is 2. The lowest BCUT2D eigenvalue weighted by Gasteiger charge is -2.34. The van der Waals surface area contributed by atoms with Crippen molar-refractivity contribution in [3.05, 3.63) is 30.5 Å². The minimum atomic E-state index is -3.56. The Morgan fingerprint density at radius 2 is 1.84 bits per heavy atom. The summed E-state index contributed by atoms with van der Waals surface area (Å²) in [4.78, 5) is 5.37. The van der Waals surface area contributed by atoms with Crippen LogP contribution >= 0.6 is 0 Å². The first kappa shape index (κ1) is 12.5. The van der Waals surface area contributed by atoms with E-state index in [2.05, 4.69) is 16.0 Å². The van der Waals surface area contributed by atoms with E-state index in [0.29, 0.717) is 26.2 Å². The van der Waals surface area contributed by atoms with Gasteiger partial charge in [0.05, 0.1) is 0 Å². The molecule has 2 heterocycles. The minimum absolute atomic E-state index is 0.430. The molecule has 19 heavy (non-hydrogen) atoms. The van der Waals surface area contributed by atoms with Crippen LogP contribution in [0.25, 0.3) is 10.9 Å². The Kier molecular flexibility index (Phi) is 2.96. The van der Waals surface area contributed by atoms with Crippen molar-refractivity contribution >= 4 is 26.8 Å². The van der Waals surface area contributed by atoms with E-state index >= 15 is 0 Å². The zero-order chi connectivity index (χ0) is 13.5. The molecule has 0 saturated carbocycles. The number of rotatable bonds is 2. The molecule has 1 aliphatic rings. The van der Waals surface area contributed by atoms with Gasteiger partial charge < -0.3 is 9.88 Å². The third kappa shape index (κ3) is 2.32. The SMILES string of the molecule is NS(=O)(=O)N1CCN(c2cccc3[nH]ccc23)CC1. The fraction of sp³-hybridized carbons (Fsp3) is 0.333. The number of hydrogen-bond acceptors (Lipinski definition) is 3. The van der Waals surface area contributed by atoms with Crippen molar-refractivity contribution in [2.45, 2.75) is 0 Å². The molecule has 1 saturated heterocycles. The second-order valence-electron chi connectivity index (χ2n) is 4.65. The standard InChI is InChI=1S/C12H16N4O2S/c13-19(17,18)16-8-6-15(7-9-16)12-3-1-2-11-10(12)4-5-14-11/h1-5,14H,6-9H2,(H2,13,17,18). The summed E-state index contributed by atoms with van der Waals surface area (Å²) in [5.41, 5.74) is 2.22. The van der Waals surface area contributed by atoms with E-state index in [9.17, 15) is 8.42 Å². The summed E-state index contributed by atoms with van der Waals surface area (Å²) < 4.78 is 23.9. The number of piperazine rings is 1. The van der Waals surface area contributed by atoms with Crippen LogP contribution in [0.3, 0.4) is 0 Å². The highest BCUT2D eigenvalue weighted by atomic mass is 32.2. The fourth-order valence-electron chi connectivity index (χ4n) is 2.53. The Hall–Kier alpha value is -1.57. The van der Waals surface area contributed by atoms with Crippen molar-refractivity contribution in [3.63, 3.8) is 0 Å². The Bertz CT molecular complexity index is 687. The number of anilines is 1. The average molecular weight is 280 g/mol. The van der Waals surface area contributed by atoms with Crippen molar-refractivity contribution in [1.29, 1.82) is 0 Å². The highest BCUT2D eigenvalue weighted by Crippen LogP contribution is 2.27. The summed E-state index contributed by atoms with van der Waals surface area (Å²) in [6.07, 6.45) is 1.91. The van der Waals surface area contributed by atoms with Crippen LogP contribution in [0.15, 0.2) is 30.5 Å². The summed E-state index contributed by atoms with van der Waals surface area (Å²) in [7, 11) is -3.56. The first-order valence-electron chi connectivity index (χ1n) is 6.14. The quantitative estimate of drug-likeness (QED) is 0.840. The van der Waals surface area contributed by atoms with Crippen LogP contribution in [0.1, 0.15) is 0 Å². The maximum absolute atomic E-state index is 11.3. The Morgan fingerprint density at radius 1 is 1.11 bits per heavy atom. The molecule has 3 rings (SSSR count). The summed E-state index contributed by atoms with van der Waals surface area (Å²) in [5, 5.41) is 6.30. The monoisotopic (exact) mass is 280 g/mol. The van der Waals surface area contributed by atoms with Gasteiger partial charge in [0.25, 0.3) is 10.2 Å². The third-order valence-electron chi connectivity index (χ3n) is 3.51. The Balaban J connectivity index is 1.84. The van der Waals surface area contributed by atoms with E-state index in [1.165, 1.54) is 4.31 Å². The van der Waals surface area contributed by atoms with Crippen molar-refractivity contribution < 1.29 is 8.42 Å². The molecule has 3 N–H and O–H groups in total. The first-order chi connectivity index (χ1) is 9.05. The lowest BCUT2D eigenvalue weighted by Crippen LogP contribution is -2.50. The smallest absolute Gasteiger partial charge is 0.277 e. The predicted molar refractivity (Wildman–Crippen MR) is 75.2 cm³/mol. The molecule has 102 valence electrons. The van der Waals surface area contributed by atoms with Crippen LogP contribution in [0.4, 0.5) is 5.69 Å². The van der Waals surface area contributed by atoms with Gasteiger partial charge in [-0.25, -0.2) is 5.14 Å². The highest BCUT2D eigenvalue weighted by molar-refractivity contribution is 7.86. The van der Waals surface area contributed by atoms with Crippen LogP contribution in [0.5, 0.6) is 0 Å². The lowest BCUT2D eigenvalue weighted by molar-refractivity contribution is 0.386. The van der Waals surface area contributed by atoms with Crippen molar-refractivity contribution in [2.24, 2.45) is 5.14 Å². The van der Waals surface area contributed by atoms with Crippen LogP contribution in [-0.2, 0) is 10.2 Å². The molecule has 2 aromatic rings. The zero-order valence-corrected chi connectivity index (χ0v) is 11.2. The third-order valence-corrected chi connectivity index (χ3v) is 4.60. The van der Waals surface area contributed by atoms with Crippen LogP contribution in [0.2, 0.25) is 0 Å². The number of H-pyrrole nitrogens is 1. The van der Waals surface area contributed by atoms with Gasteiger partial charge in [-0.05, 0) is 18.2 Å². The highest BCUT2D eigenvalue weighted by Gasteiger charge is 2.24. The molecular weight excluding hydrogens is 264 g/mol. The van der Waals surface area contributed by atoms with Gasteiger partial charge in [0.15, 0.2) is 0 Å². The van der Waals surface area contributed by atoms with Gasteiger partial charge in [0.1, 0.15) is 0 Å². The maximum atomic E-state index is 11.3. The normalized spacial score (nSPS) is 18.1. The van der Waals surface area contributed by atoms with E-state index in [-0.39, 0.29) is 0 Å². The molecule has 1 aromatic heterocycles. The zero-order valence-electron chi connectivity index (χ0n) is 10.4. The molecule has 7 heteroatoms. The number of nitrogens with two attached hydrogens (primary N) is 1. The van der Waals surface area contributed by atoms with E-state index < -0.39 is 10.2 Å². The van der Waals surface area contributed by atoms with Crippen molar-refractivity contribution in [1.82, 2.24) is 9.29 Å². The number of hydrogen-bond donors (Lipinski definition) is 2. The molecule has 0 unspecified atom stereocenters. The molecule has 1 fully saturated rings. The number of benzene rings is 1. The Morgan fingerprint density at radius 3 is 2.53 bits per heavy atom. The number of fused-ring (bicyclic) bond motifs is 1. The van der Waals surface area contributed by atoms with Crippen molar-refractivity contribution in [3.8, 4) is 0 Å². The average Bonchev–Trinajstić information content (AvgIpc) is 2.86. The van der Waals surface area contributed by atoms with E-state index in [1.807, 2.05) is 24.4 Å². The van der Waals surface area contributed by atoms with Crippen LogP contribution in [-0.4, -0.2) is 43.9 Å². The van der Waals surface area contributed by atoms with Gasteiger partial charge in [-0.2, -0.15) is 12.7 Å². The number of aromatic nitrogens is 1. The molecule has 0 radical (unpaired) electrons. The van der Waals surface area contributed by atoms with E-state index in [1.54, 1.807) is 0 Å². The topological polar surface area (TPSA) is 82.4 Å². The van der Waals surface area contributed by atoms with E-state index in [4.69, 9.17) is 5.14 Å². The predicted octanol–water partition coefficient (Wildman–Crippen LogP) is 0.493. The lowest BCUT2D eigenvalue weighted by atomic mass is 10.2. The fourth-order valence-corrected chi connectivity index (χ4v) is 3.20. The largest absolute Gasteiger partial charge is 0.368 e. The molecule has 0 spiro atoms. The van der Waals surface area contributed by atoms with Gasteiger partial charge in [0, 0.05) is 49.0 Å². The molecule has 0 bridgehead atoms. The second-order valence-corrected chi connectivity index (χ2v) is 6.19. The van der Waals surface area contributed by atoms with Gasteiger partial charge in [-0.3, -0.25) is 0 Å². The molecular formula is C12H16N4O2S. The molecule has 0 aliphatic carbocycles. The van der Waals surface area contributed by atoms with Crippen LogP contribution < -0.4 is 10.0 Å². The van der Waals surface area contributed by atoms with E-state index in [0.717, 1.165) is 16.6 Å². The molecule has 6 nitrogen and oxygen atoms in total. The molecule has 0 atom stereocenters. The second kappa shape index (κ2) is 4.52. The van der Waals surface area contributed by atoms with Crippen LogP contribution in [0, 0.1) is 0 Å². The van der Waals surface area contributed by atoms with Crippen molar-refractivity contribution in [2.75, 3.05) is 31.1 Å². The maximum Gasteiger partial charge on any atom is 0.277 e. The molecule has 1 aromatic carbocycles. The Labute approximate surface area is 112 Å². The summed E-state index contributed by atoms with van der Waals surface area (Å²) in [6, 6.07) is 8.12. The number of aromatic amines is 1. The number of nitrogens with one attached hydrogen (secondary N) is 1. The summed E-state index contributed by atoms with van der Waals surface area (Å²) >= 11 is 0.